The topological polar surface area (TPSA) is 67.9 Å². The van der Waals surface area contributed by atoms with Crippen LogP contribution in [-0.2, 0) is 16.1 Å². The Morgan fingerprint density at radius 3 is 2.03 bits per heavy atom. The second-order valence-electron chi connectivity index (χ2n) is 8.17. The molecule has 0 spiro atoms. The molecule has 0 bridgehead atoms. The van der Waals surface area contributed by atoms with Crippen molar-refractivity contribution >= 4 is 33.8 Å². The highest BCUT2D eigenvalue weighted by Gasteiger charge is 2.39. The van der Waals surface area contributed by atoms with Gasteiger partial charge in [0, 0.05) is 11.1 Å². The zero-order valence-electron chi connectivity index (χ0n) is 19.4. The first kappa shape index (κ1) is 22.2. The second-order valence-corrected chi connectivity index (χ2v) is 8.17. The third kappa shape index (κ3) is 4.22. The van der Waals surface area contributed by atoms with Crippen LogP contribution >= 0.6 is 0 Å². The molecule has 1 heterocycles. The van der Waals surface area contributed by atoms with Crippen molar-refractivity contribution in [2.45, 2.75) is 6.54 Å². The third-order valence-corrected chi connectivity index (χ3v) is 6.10. The predicted octanol–water partition coefficient (Wildman–Crippen LogP) is 5.25. The van der Waals surface area contributed by atoms with E-state index in [2.05, 4.69) is 5.32 Å². The lowest BCUT2D eigenvalue weighted by atomic mass is 10.0. The fourth-order valence-corrected chi connectivity index (χ4v) is 4.24. The summed E-state index contributed by atoms with van der Waals surface area (Å²) in [6.07, 6.45) is 0. The summed E-state index contributed by atoms with van der Waals surface area (Å²) < 4.78 is 10.5. The first-order valence-corrected chi connectivity index (χ1v) is 11.2. The lowest BCUT2D eigenvalue weighted by Gasteiger charge is -2.16. The van der Waals surface area contributed by atoms with Crippen molar-refractivity contribution in [1.82, 2.24) is 4.90 Å². The predicted molar refractivity (Wildman–Crippen MR) is 136 cm³/mol. The molecule has 1 N–H and O–H groups in total. The molecular formula is C29H24N2O4. The number of methoxy groups -OCH3 is 2. The van der Waals surface area contributed by atoms with Crippen LogP contribution in [0.1, 0.15) is 11.1 Å². The molecule has 6 heteroatoms. The van der Waals surface area contributed by atoms with Crippen LogP contribution < -0.4 is 14.8 Å². The molecule has 1 aliphatic heterocycles. The van der Waals surface area contributed by atoms with Crippen LogP contribution in [0.15, 0.2) is 96.7 Å². The van der Waals surface area contributed by atoms with Gasteiger partial charge < -0.3 is 14.8 Å². The van der Waals surface area contributed by atoms with Gasteiger partial charge in [0.2, 0.25) is 0 Å². The number of amides is 2. The average Bonchev–Trinajstić information content (AvgIpc) is 3.13. The summed E-state index contributed by atoms with van der Waals surface area (Å²) in [5.74, 6) is 0.663. The summed E-state index contributed by atoms with van der Waals surface area (Å²) in [4.78, 5) is 28.5. The maximum absolute atomic E-state index is 13.6. The summed E-state index contributed by atoms with van der Waals surface area (Å²) in [5.41, 5.74) is 2.82. The van der Waals surface area contributed by atoms with Crippen molar-refractivity contribution in [2.75, 3.05) is 19.5 Å². The van der Waals surface area contributed by atoms with Crippen molar-refractivity contribution in [2.24, 2.45) is 0 Å². The van der Waals surface area contributed by atoms with Crippen molar-refractivity contribution in [3.8, 4) is 11.5 Å². The van der Waals surface area contributed by atoms with Crippen LogP contribution in [-0.4, -0.2) is 30.9 Å². The summed E-state index contributed by atoms with van der Waals surface area (Å²) in [6, 6.07) is 28.2. The summed E-state index contributed by atoms with van der Waals surface area (Å²) in [6.45, 7) is 0.155. The lowest BCUT2D eigenvalue weighted by molar-refractivity contribution is -0.137. The number of anilines is 1. The molecule has 174 valence electrons. The Morgan fingerprint density at radius 2 is 1.34 bits per heavy atom. The van der Waals surface area contributed by atoms with Crippen LogP contribution in [0.3, 0.4) is 0 Å². The molecule has 2 amide bonds. The van der Waals surface area contributed by atoms with E-state index in [1.54, 1.807) is 38.5 Å². The van der Waals surface area contributed by atoms with Gasteiger partial charge in [0.05, 0.1) is 26.3 Å². The van der Waals surface area contributed by atoms with E-state index in [1.165, 1.54) is 4.90 Å². The number of carbonyl (C=O) groups excluding carboxylic acids is 2. The maximum atomic E-state index is 13.6. The Morgan fingerprint density at radius 1 is 0.714 bits per heavy atom. The van der Waals surface area contributed by atoms with E-state index in [9.17, 15) is 9.59 Å². The molecule has 6 nitrogen and oxygen atoms in total. The lowest BCUT2D eigenvalue weighted by Crippen LogP contribution is -2.32. The van der Waals surface area contributed by atoms with Crippen molar-refractivity contribution in [1.29, 1.82) is 0 Å². The molecule has 0 saturated heterocycles. The Bertz CT molecular complexity index is 1430. The highest BCUT2D eigenvalue weighted by molar-refractivity contribution is 6.36. The fourth-order valence-electron chi connectivity index (χ4n) is 4.24. The minimum atomic E-state index is -0.371. The number of carbonyl (C=O) groups is 2. The maximum Gasteiger partial charge on any atom is 0.278 e. The van der Waals surface area contributed by atoms with Crippen molar-refractivity contribution in [3.63, 3.8) is 0 Å². The number of rotatable bonds is 7. The normalized spacial score (nSPS) is 13.5. The minimum absolute atomic E-state index is 0.155. The fraction of sp³-hybridized carbons (Fsp3) is 0.103. The van der Waals surface area contributed by atoms with E-state index >= 15 is 0 Å². The first-order chi connectivity index (χ1) is 17.1. The third-order valence-electron chi connectivity index (χ3n) is 6.10. The second kappa shape index (κ2) is 9.35. The number of benzene rings is 4. The van der Waals surface area contributed by atoms with Crippen LogP contribution in [0.4, 0.5) is 5.69 Å². The van der Waals surface area contributed by atoms with E-state index in [-0.39, 0.29) is 24.1 Å². The standard InChI is InChI=1S/C29H24N2O4/c1-34-22-14-10-19(11-15-22)18-31-28(32)26(21-12-16-23(35-2)17-13-21)27(29(31)33)30-25-9-5-7-20-6-3-4-8-24(20)25/h3-17,30H,18H2,1-2H3. The number of imide groups is 1. The van der Waals surface area contributed by atoms with Crippen LogP contribution in [0.5, 0.6) is 11.5 Å². The molecule has 0 aromatic heterocycles. The molecule has 1 aliphatic rings. The molecule has 0 radical (unpaired) electrons. The number of nitrogens with one attached hydrogen (secondary N) is 1. The molecule has 35 heavy (non-hydrogen) atoms. The van der Waals surface area contributed by atoms with E-state index in [0.29, 0.717) is 22.6 Å². The van der Waals surface area contributed by atoms with Crippen LogP contribution in [0, 0.1) is 0 Å². The van der Waals surface area contributed by atoms with Gasteiger partial charge in [-0.3, -0.25) is 14.5 Å². The molecule has 5 rings (SSSR count). The molecule has 4 aromatic rings. The van der Waals surface area contributed by atoms with E-state index in [1.807, 2.05) is 66.7 Å². The highest BCUT2D eigenvalue weighted by atomic mass is 16.5. The monoisotopic (exact) mass is 464 g/mol. The highest BCUT2D eigenvalue weighted by Crippen LogP contribution is 2.34. The van der Waals surface area contributed by atoms with Crippen molar-refractivity contribution in [3.05, 3.63) is 108 Å². The minimum Gasteiger partial charge on any atom is -0.497 e. The van der Waals surface area contributed by atoms with Gasteiger partial charge in [0.15, 0.2) is 0 Å². The molecule has 0 atom stereocenters. The molecular weight excluding hydrogens is 440 g/mol. The number of hydrogen-bond donors (Lipinski definition) is 1. The van der Waals surface area contributed by atoms with E-state index in [4.69, 9.17) is 9.47 Å². The Labute approximate surface area is 203 Å². The molecule has 4 aromatic carbocycles. The number of fused-ring (bicyclic) bond motifs is 1. The average molecular weight is 465 g/mol. The van der Waals surface area contributed by atoms with Gasteiger partial charge in [-0.2, -0.15) is 0 Å². The molecule has 0 saturated carbocycles. The Hall–Kier alpha value is -4.58. The van der Waals surface area contributed by atoms with E-state index in [0.717, 1.165) is 22.0 Å². The summed E-state index contributed by atoms with van der Waals surface area (Å²) in [5, 5.41) is 5.29. The van der Waals surface area contributed by atoms with Gasteiger partial charge in [0.1, 0.15) is 17.2 Å². The summed E-state index contributed by atoms with van der Waals surface area (Å²) in [7, 11) is 3.18. The number of hydrogen-bond acceptors (Lipinski definition) is 5. The zero-order valence-corrected chi connectivity index (χ0v) is 19.4. The van der Waals surface area contributed by atoms with Gasteiger partial charge in [-0.15, -0.1) is 0 Å². The molecule has 0 aliphatic carbocycles. The van der Waals surface area contributed by atoms with E-state index < -0.39 is 0 Å². The summed E-state index contributed by atoms with van der Waals surface area (Å²) >= 11 is 0. The largest absolute Gasteiger partial charge is 0.497 e. The van der Waals surface area contributed by atoms with Gasteiger partial charge >= 0.3 is 0 Å². The molecule has 0 fully saturated rings. The first-order valence-electron chi connectivity index (χ1n) is 11.2. The Kier molecular flexibility index (Phi) is 5.94. The quantitative estimate of drug-likeness (QED) is 0.379. The molecule has 0 unspecified atom stereocenters. The van der Waals surface area contributed by atoms with Gasteiger partial charge in [-0.25, -0.2) is 0 Å². The van der Waals surface area contributed by atoms with Crippen LogP contribution in [0.25, 0.3) is 16.3 Å². The van der Waals surface area contributed by atoms with Gasteiger partial charge in [0.25, 0.3) is 11.8 Å². The van der Waals surface area contributed by atoms with Gasteiger partial charge in [-0.05, 0) is 46.8 Å². The number of nitrogens with zero attached hydrogens (tertiary/aromatic N) is 1. The number of ether oxygens (including phenoxy) is 2. The zero-order chi connectivity index (χ0) is 24.4. The Balaban J connectivity index is 1.56. The van der Waals surface area contributed by atoms with Crippen molar-refractivity contribution < 1.29 is 19.1 Å². The van der Waals surface area contributed by atoms with Gasteiger partial charge in [-0.1, -0.05) is 60.7 Å². The smallest absolute Gasteiger partial charge is 0.278 e. The SMILES string of the molecule is COc1ccc(CN2C(=O)C(Nc3cccc4ccccc34)=C(c3ccc(OC)cc3)C2=O)cc1. The van der Waals surface area contributed by atoms with Crippen LogP contribution in [0.2, 0.25) is 0 Å².